The Kier molecular flexibility index (Phi) is 3.54. The molecule has 3 saturated heterocycles. The van der Waals surface area contributed by atoms with E-state index in [-0.39, 0.29) is 0 Å². The van der Waals surface area contributed by atoms with Gasteiger partial charge in [-0.05, 0) is 40.8 Å². The third kappa shape index (κ3) is 1.90. The standard InChI is InChI=1S/C21H19NO5S/c1-27-15-7-4-5-13(11-15)12-22-19-18(20(23)24)17-10-9-14-6-2-3-8-16(14)21(17,22)28(19,25)26/h2-8,10-11,18-19H,9,12H2,1H3,(H,23,24). The van der Waals surface area contributed by atoms with Crippen LogP contribution in [-0.4, -0.2) is 36.9 Å². The molecule has 144 valence electrons. The maximum absolute atomic E-state index is 13.4. The van der Waals surface area contributed by atoms with Crippen LogP contribution in [0.2, 0.25) is 0 Å². The fourth-order valence-electron chi connectivity index (χ4n) is 5.09. The molecule has 6 nitrogen and oxygen atoms in total. The van der Waals surface area contributed by atoms with Crippen molar-refractivity contribution in [3.05, 3.63) is 76.9 Å². The number of aliphatic carboxylic acids is 1. The monoisotopic (exact) mass is 397 g/mol. The molecule has 2 bridgehead atoms. The van der Waals surface area contributed by atoms with E-state index in [4.69, 9.17) is 4.74 Å². The zero-order valence-electron chi connectivity index (χ0n) is 15.2. The zero-order valence-corrected chi connectivity index (χ0v) is 16.0. The highest BCUT2D eigenvalue weighted by Crippen LogP contribution is 2.67. The van der Waals surface area contributed by atoms with E-state index in [1.165, 1.54) is 0 Å². The molecule has 0 radical (unpaired) electrons. The van der Waals surface area contributed by atoms with Gasteiger partial charge in [0.15, 0.2) is 14.7 Å². The molecule has 1 spiro atoms. The largest absolute Gasteiger partial charge is 0.497 e. The highest BCUT2D eigenvalue weighted by Gasteiger charge is 2.80. The summed E-state index contributed by atoms with van der Waals surface area (Å²) in [6, 6.07) is 14.9. The maximum atomic E-state index is 13.4. The molecule has 0 amide bonds. The Bertz CT molecular complexity index is 1140. The van der Waals surface area contributed by atoms with Crippen LogP contribution in [0.1, 0.15) is 16.7 Å². The molecule has 28 heavy (non-hydrogen) atoms. The van der Waals surface area contributed by atoms with Gasteiger partial charge in [0.2, 0.25) is 0 Å². The number of carboxylic acid groups (broad SMARTS) is 1. The molecule has 6 rings (SSSR count). The second kappa shape index (κ2) is 5.68. The van der Waals surface area contributed by atoms with Crippen molar-refractivity contribution in [1.29, 1.82) is 0 Å². The molecule has 0 aromatic heterocycles. The molecule has 7 heteroatoms. The summed E-state index contributed by atoms with van der Waals surface area (Å²) in [7, 11) is -2.12. The topological polar surface area (TPSA) is 83.9 Å². The van der Waals surface area contributed by atoms with Crippen LogP contribution in [0, 0.1) is 5.92 Å². The van der Waals surface area contributed by atoms with Crippen molar-refractivity contribution in [3.63, 3.8) is 0 Å². The molecule has 3 heterocycles. The van der Waals surface area contributed by atoms with E-state index >= 15 is 0 Å². The molecule has 3 fully saturated rings. The Morgan fingerprint density at radius 3 is 2.79 bits per heavy atom. The lowest BCUT2D eigenvalue weighted by atomic mass is 9.84. The molecule has 4 aliphatic rings. The molecular weight excluding hydrogens is 378 g/mol. The maximum Gasteiger partial charge on any atom is 0.313 e. The van der Waals surface area contributed by atoms with Crippen LogP contribution < -0.4 is 4.74 Å². The summed E-state index contributed by atoms with van der Waals surface area (Å²) < 4.78 is 32.1. The number of carbonyl (C=O) groups is 1. The summed E-state index contributed by atoms with van der Waals surface area (Å²) in [5, 5.41) is 8.79. The van der Waals surface area contributed by atoms with Crippen LogP contribution in [0.4, 0.5) is 0 Å². The van der Waals surface area contributed by atoms with Gasteiger partial charge in [0, 0.05) is 6.54 Å². The summed E-state index contributed by atoms with van der Waals surface area (Å²) in [5.41, 5.74) is 2.99. The van der Waals surface area contributed by atoms with Gasteiger partial charge in [-0.15, -0.1) is 0 Å². The third-order valence-electron chi connectivity index (χ3n) is 6.13. The van der Waals surface area contributed by atoms with Crippen LogP contribution in [0.3, 0.4) is 0 Å². The predicted molar refractivity (Wildman–Crippen MR) is 102 cm³/mol. The first-order valence-electron chi connectivity index (χ1n) is 9.07. The molecule has 3 unspecified atom stereocenters. The summed E-state index contributed by atoms with van der Waals surface area (Å²) in [6.07, 6.45) is 2.36. The summed E-state index contributed by atoms with van der Waals surface area (Å²) in [6.45, 7) is 0.330. The third-order valence-corrected chi connectivity index (χ3v) is 8.81. The number of methoxy groups -OCH3 is 1. The summed E-state index contributed by atoms with van der Waals surface area (Å²) in [5.74, 6) is -1.45. The van der Waals surface area contributed by atoms with Crippen molar-refractivity contribution >= 4 is 15.8 Å². The van der Waals surface area contributed by atoms with Gasteiger partial charge in [-0.2, -0.15) is 0 Å². The number of hydrogen-bond acceptors (Lipinski definition) is 5. The Labute approximate surface area is 163 Å². The minimum atomic E-state index is -3.70. The number of benzene rings is 2. The number of ether oxygens (including phenoxy) is 1. The van der Waals surface area contributed by atoms with E-state index in [2.05, 4.69) is 0 Å². The average molecular weight is 397 g/mol. The van der Waals surface area contributed by atoms with Gasteiger partial charge in [-0.1, -0.05) is 42.5 Å². The quantitative estimate of drug-likeness (QED) is 0.797. The molecular formula is C21H19NO5S. The number of carboxylic acids is 1. The first kappa shape index (κ1) is 17.5. The molecule has 1 aliphatic carbocycles. The summed E-state index contributed by atoms with van der Waals surface area (Å²) >= 11 is 0. The van der Waals surface area contributed by atoms with Crippen molar-refractivity contribution in [1.82, 2.24) is 4.90 Å². The van der Waals surface area contributed by atoms with Crippen LogP contribution in [-0.2, 0) is 32.5 Å². The first-order chi connectivity index (χ1) is 13.4. The van der Waals surface area contributed by atoms with Gasteiger partial charge in [0.1, 0.15) is 17.0 Å². The predicted octanol–water partition coefficient (Wildman–Crippen LogP) is 2.30. The van der Waals surface area contributed by atoms with Crippen molar-refractivity contribution in [2.24, 2.45) is 5.92 Å². The van der Waals surface area contributed by atoms with Crippen LogP contribution in [0.15, 0.2) is 60.2 Å². The fourth-order valence-corrected chi connectivity index (χ4v) is 8.02. The van der Waals surface area contributed by atoms with Crippen molar-refractivity contribution in [2.45, 2.75) is 23.2 Å². The Morgan fingerprint density at radius 2 is 2.04 bits per heavy atom. The van der Waals surface area contributed by atoms with E-state index in [0.29, 0.717) is 29.9 Å². The van der Waals surface area contributed by atoms with Gasteiger partial charge in [-0.3, -0.25) is 9.69 Å². The van der Waals surface area contributed by atoms with Crippen molar-refractivity contribution < 1.29 is 23.1 Å². The zero-order chi connectivity index (χ0) is 19.7. The van der Waals surface area contributed by atoms with E-state index in [0.717, 1.165) is 11.1 Å². The van der Waals surface area contributed by atoms with Gasteiger partial charge < -0.3 is 9.84 Å². The Morgan fingerprint density at radius 1 is 1.25 bits per heavy atom. The number of allylic oxidation sites excluding steroid dienone is 1. The van der Waals surface area contributed by atoms with Crippen molar-refractivity contribution in [3.8, 4) is 5.75 Å². The molecule has 2 aromatic carbocycles. The SMILES string of the molecule is COc1cccc(CN2C3C(C(=O)O)C4=CCc5ccccc5C42S3(=O)=O)c1. The summed E-state index contributed by atoms with van der Waals surface area (Å²) in [4.78, 5) is 12.5. The van der Waals surface area contributed by atoms with Crippen molar-refractivity contribution in [2.75, 3.05) is 7.11 Å². The number of rotatable bonds is 4. The molecule has 1 N–H and O–H groups in total. The molecule has 3 atom stereocenters. The second-order valence-electron chi connectivity index (χ2n) is 7.40. The van der Waals surface area contributed by atoms with E-state index < -0.39 is 32.0 Å². The number of fused-ring (bicyclic) bond motifs is 1. The lowest BCUT2D eigenvalue weighted by Gasteiger charge is -2.51. The lowest BCUT2D eigenvalue weighted by molar-refractivity contribution is -0.140. The molecule has 3 aliphatic heterocycles. The van der Waals surface area contributed by atoms with Crippen LogP contribution in [0.25, 0.3) is 0 Å². The lowest BCUT2D eigenvalue weighted by Crippen LogP contribution is -2.66. The number of sulfone groups is 1. The smallest absolute Gasteiger partial charge is 0.313 e. The van der Waals surface area contributed by atoms with Gasteiger partial charge in [0.05, 0.1) is 7.11 Å². The van der Waals surface area contributed by atoms with Crippen LogP contribution in [0.5, 0.6) is 5.75 Å². The second-order valence-corrected chi connectivity index (χ2v) is 9.56. The van der Waals surface area contributed by atoms with Crippen LogP contribution >= 0.6 is 0 Å². The fraction of sp³-hybridized carbons (Fsp3) is 0.286. The van der Waals surface area contributed by atoms with E-state index in [1.54, 1.807) is 7.11 Å². The van der Waals surface area contributed by atoms with E-state index in [1.807, 2.05) is 59.5 Å². The van der Waals surface area contributed by atoms with Gasteiger partial charge in [0.25, 0.3) is 0 Å². The van der Waals surface area contributed by atoms with E-state index in [9.17, 15) is 18.3 Å². The molecule has 0 saturated carbocycles. The number of hydrogen-bond donors (Lipinski definition) is 1. The minimum Gasteiger partial charge on any atom is -0.497 e. The normalized spacial score (nSPS) is 29.2. The molecule has 2 aromatic rings. The van der Waals surface area contributed by atoms with Gasteiger partial charge in [-0.25, -0.2) is 8.42 Å². The Balaban J connectivity index is 1.70. The minimum absolute atomic E-state index is 0.330. The average Bonchev–Trinajstić information content (AvgIpc) is 3.13. The van der Waals surface area contributed by atoms with Gasteiger partial charge >= 0.3 is 5.97 Å². The highest BCUT2D eigenvalue weighted by atomic mass is 32.2. The number of nitrogens with zero attached hydrogens (tertiary/aromatic N) is 1. The first-order valence-corrected chi connectivity index (χ1v) is 10.6. The highest BCUT2D eigenvalue weighted by molar-refractivity contribution is 7.94. The Hall–Kier alpha value is -2.64.